The van der Waals surface area contributed by atoms with Crippen LogP contribution < -0.4 is 10.6 Å². The van der Waals surface area contributed by atoms with E-state index < -0.39 is 10.8 Å². The summed E-state index contributed by atoms with van der Waals surface area (Å²) < 4.78 is 4.94. The highest BCUT2D eigenvalue weighted by Gasteiger charge is 2.19. The first-order valence-electron chi connectivity index (χ1n) is 9.56. The Morgan fingerprint density at radius 3 is 2.86 bits per heavy atom. The molecule has 1 aliphatic heterocycles. The van der Waals surface area contributed by atoms with Crippen molar-refractivity contribution in [2.45, 2.75) is 25.8 Å². The molecule has 1 amide bonds. The molecular formula is C19H25N5O4S. The second-order valence-electron chi connectivity index (χ2n) is 6.84. The number of benzene rings is 1. The molecule has 0 unspecified atom stereocenters. The van der Waals surface area contributed by atoms with Crippen molar-refractivity contribution in [1.29, 1.82) is 0 Å². The molecule has 2 heterocycles. The van der Waals surface area contributed by atoms with Gasteiger partial charge in [0, 0.05) is 37.2 Å². The zero-order valence-electron chi connectivity index (χ0n) is 16.3. The lowest BCUT2D eigenvalue weighted by atomic mass is 10.1. The minimum atomic E-state index is -0.508. The van der Waals surface area contributed by atoms with Gasteiger partial charge < -0.3 is 10.1 Å². The van der Waals surface area contributed by atoms with E-state index in [1.165, 1.54) is 42.7 Å². The molecule has 0 radical (unpaired) electrons. The highest BCUT2D eigenvalue weighted by atomic mass is 32.1. The molecule has 1 aromatic carbocycles. The van der Waals surface area contributed by atoms with Crippen LogP contribution in [0.3, 0.4) is 0 Å². The van der Waals surface area contributed by atoms with E-state index in [-0.39, 0.29) is 11.3 Å². The third-order valence-electron chi connectivity index (χ3n) is 4.68. The zero-order valence-corrected chi connectivity index (χ0v) is 17.2. The number of carbonyl (C=O) groups is 1. The number of ether oxygens (including phenoxy) is 1. The topological polar surface area (TPSA) is 110 Å². The Hall–Kier alpha value is -2.56. The lowest BCUT2D eigenvalue weighted by molar-refractivity contribution is -0.384. The second kappa shape index (κ2) is 10.3. The number of methoxy groups -OCH3 is 1. The van der Waals surface area contributed by atoms with Gasteiger partial charge in [-0.15, -0.1) is 11.3 Å². The van der Waals surface area contributed by atoms with Gasteiger partial charge in [0.1, 0.15) is 5.69 Å². The van der Waals surface area contributed by atoms with Crippen LogP contribution in [-0.4, -0.2) is 54.1 Å². The number of aromatic nitrogens is 1. The van der Waals surface area contributed by atoms with Crippen molar-refractivity contribution in [3.05, 3.63) is 45.0 Å². The van der Waals surface area contributed by atoms with Crippen LogP contribution in [0.1, 0.15) is 35.3 Å². The number of carbonyl (C=O) groups excluding carboxylic acids is 1. The van der Waals surface area contributed by atoms with Gasteiger partial charge in [0.25, 0.3) is 11.6 Å². The molecule has 1 saturated heterocycles. The Balaban J connectivity index is 1.64. The summed E-state index contributed by atoms with van der Waals surface area (Å²) in [5.74, 6) is -0.421. The average Bonchev–Trinajstić information content (AvgIpc) is 3.15. The number of hydrogen-bond donors (Lipinski definition) is 2. The number of amides is 1. The van der Waals surface area contributed by atoms with Gasteiger partial charge >= 0.3 is 0 Å². The number of likely N-dealkylation sites (tertiary alicyclic amines) is 1. The first kappa shape index (κ1) is 21.2. The number of piperidine rings is 1. The van der Waals surface area contributed by atoms with Crippen LogP contribution in [-0.2, 0) is 11.3 Å². The zero-order chi connectivity index (χ0) is 20.6. The third-order valence-corrected chi connectivity index (χ3v) is 5.49. The summed E-state index contributed by atoms with van der Waals surface area (Å²) >= 11 is 1.36. The molecule has 0 aliphatic carbocycles. The van der Waals surface area contributed by atoms with Crippen molar-refractivity contribution in [1.82, 2.24) is 9.88 Å². The van der Waals surface area contributed by atoms with Gasteiger partial charge in [0.2, 0.25) is 0 Å². The quantitative estimate of drug-likeness (QED) is 0.364. The van der Waals surface area contributed by atoms with Crippen molar-refractivity contribution in [3.8, 4) is 0 Å². The molecule has 0 atom stereocenters. The molecule has 1 fully saturated rings. The number of thiazole rings is 1. The Morgan fingerprint density at radius 2 is 2.14 bits per heavy atom. The number of nitrogens with one attached hydrogen (secondary N) is 2. The maximum absolute atomic E-state index is 12.5. The summed E-state index contributed by atoms with van der Waals surface area (Å²) in [6.45, 7) is 3.78. The summed E-state index contributed by atoms with van der Waals surface area (Å²) in [6.07, 6.45) is 3.70. The van der Waals surface area contributed by atoms with Gasteiger partial charge in [-0.05, 0) is 38.1 Å². The van der Waals surface area contributed by atoms with Crippen LogP contribution in [0.15, 0.2) is 23.6 Å². The number of rotatable bonds is 9. The van der Waals surface area contributed by atoms with E-state index in [1.807, 2.05) is 5.38 Å². The van der Waals surface area contributed by atoms with E-state index in [0.29, 0.717) is 24.0 Å². The number of nitro benzene ring substituents is 1. The molecule has 2 N–H and O–H groups in total. The van der Waals surface area contributed by atoms with Crippen LogP contribution in [0.2, 0.25) is 0 Å². The predicted octanol–water partition coefficient (Wildman–Crippen LogP) is 3.35. The van der Waals surface area contributed by atoms with Crippen LogP contribution in [0.5, 0.6) is 0 Å². The Morgan fingerprint density at radius 1 is 1.34 bits per heavy atom. The summed E-state index contributed by atoms with van der Waals surface area (Å²) in [7, 11) is 1.56. The number of hydrogen-bond acceptors (Lipinski definition) is 8. The first-order valence-corrected chi connectivity index (χ1v) is 10.4. The van der Waals surface area contributed by atoms with Gasteiger partial charge in [-0.3, -0.25) is 25.1 Å². The minimum absolute atomic E-state index is 0.154. The number of anilines is 2. The molecule has 1 aromatic heterocycles. The fraction of sp³-hybridized carbons (Fsp3) is 0.474. The van der Waals surface area contributed by atoms with E-state index in [0.717, 1.165) is 25.3 Å². The number of nitro groups is 1. The minimum Gasteiger partial charge on any atom is -0.383 e. The molecule has 0 saturated carbocycles. The molecule has 29 heavy (non-hydrogen) atoms. The molecule has 156 valence electrons. The van der Waals surface area contributed by atoms with Gasteiger partial charge in [0.05, 0.1) is 17.2 Å². The highest BCUT2D eigenvalue weighted by Crippen LogP contribution is 2.26. The summed E-state index contributed by atoms with van der Waals surface area (Å²) in [5, 5.41) is 19.5. The number of nitrogens with zero attached hydrogens (tertiary/aromatic N) is 3. The molecule has 2 aromatic rings. The smallest absolute Gasteiger partial charge is 0.293 e. The van der Waals surface area contributed by atoms with Crippen molar-refractivity contribution in [3.63, 3.8) is 0 Å². The molecule has 0 bridgehead atoms. The van der Waals surface area contributed by atoms with E-state index in [4.69, 9.17) is 4.74 Å². The van der Waals surface area contributed by atoms with Crippen molar-refractivity contribution in [2.75, 3.05) is 44.0 Å². The monoisotopic (exact) mass is 419 g/mol. The molecule has 1 aliphatic rings. The van der Waals surface area contributed by atoms with Crippen LogP contribution in [0.4, 0.5) is 16.5 Å². The Bertz CT molecular complexity index is 851. The second-order valence-corrected chi connectivity index (χ2v) is 7.70. The van der Waals surface area contributed by atoms with Gasteiger partial charge in [0.15, 0.2) is 5.13 Å². The van der Waals surface area contributed by atoms with Crippen molar-refractivity contribution in [2.24, 2.45) is 0 Å². The van der Waals surface area contributed by atoms with Crippen LogP contribution in [0.25, 0.3) is 0 Å². The fourth-order valence-electron chi connectivity index (χ4n) is 3.21. The summed E-state index contributed by atoms with van der Waals surface area (Å²) in [5.41, 5.74) is 1.33. The lowest BCUT2D eigenvalue weighted by Gasteiger charge is -2.25. The normalized spacial score (nSPS) is 14.5. The van der Waals surface area contributed by atoms with E-state index >= 15 is 0 Å². The van der Waals surface area contributed by atoms with Gasteiger partial charge in [-0.25, -0.2) is 4.98 Å². The Labute approximate surface area is 173 Å². The molecule has 10 heteroatoms. The van der Waals surface area contributed by atoms with Gasteiger partial charge in [-0.1, -0.05) is 6.42 Å². The largest absolute Gasteiger partial charge is 0.383 e. The maximum Gasteiger partial charge on any atom is 0.293 e. The first-order chi connectivity index (χ1) is 14.1. The van der Waals surface area contributed by atoms with Gasteiger partial charge in [-0.2, -0.15) is 0 Å². The van der Waals surface area contributed by atoms with Crippen LogP contribution >= 0.6 is 11.3 Å². The fourth-order valence-corrected chi connectivity index (χ4v) is 3.91. The maximum atomic E-state index is 12.5. The van der Waals surface area contributed by atoms with Crippen LogP contribution in [0, 0.1) is 10.1 Å². The van der Waals surface area contributed by atoms with E-state index in [9.17, 15) is 14.9 Å². The van der Waals surface area contributed by atoms with E-state index in [2.05, 4.69) is 20.5 Å². The predicted molar refractivity (Wildman–Crippen MR) is 113 cm³/mol. The van der Waals surface area contributed by atoms with Crippen molar-refractivity contribution >= 4 is 33.8 Å². The Kier molecular flexibility index (Phi) is 7.50. The average molecular weight is 420 g/mol. The molecular weight excluding hydrogens is 394 g/mol. The summed E-state index contributed by atoms with van der Waals surface area (Å²) in [4.78, 5) is 30.2. The molecule has 0 spiro atoms. The lowest BCUT2D eigenvalue weighted by Crippen LogP contribution is -2.29. The molecule has 3 rings (SSSR count). The molecule has 9 nitrogen and oxygen atoms in total. The summed E-state index contributed by atoms with van der Waals surface area (Å²) in [6, 6.07) is 4.36. The van der Waals surface area contributed by atoms with Crippen molar-refractivity contribution < 1.29 is 14.5 Å². The highest BCUT2D eigenvalue weighted by molar-refractivity contribution is 7.14. The standard InChI is InChI=1S/C19H25N5O4S/c1-28-10-7-20-16-6-5-14(11-17(16)24(26)27)18(25)22-19-21-15(13-29-19)12-23-8-3-2-4-9-23/h5-6,11,13,20H,2-4,7-10,12H2,1H3,(H,21,22,25). The SMILES string of the molecule is COCCNc1ccc(C(=O)Nc2nc(CN3CCCCC3)cs2)cc1[N+](=O)[O-]. The third kappa shape index (κ3) is 5.96. The van der Waals surface area contributed by atoms with E-state index in [1.54, 1.807) is 13.2 Å².